The largest absolute Gasteiger partial charge is 0.470 e. The fraction of sp³-hybridized carbons (Fsp3) is 0.556. The lowest BCUT2D eigenvalue weighted by atomic mass is 10.1. The first-order valence-corrected chi connectivity index (χ1v) is 3.68. The van der Waals surface area contributed by atoms with E-state index in [-0.39, 0.29) is 0 Å². The van der Waals surface area contributed by atoms with Crippen molar-refractivity contribution in [2.45, 2.75) is 26.6 Å². The second kappa shape index (κ2) is 2.70. The summed E-state index contributed by atoms with van der Waals surface area (Å²) in [6, 6.07) is 0. The average molecular weight is 154 g/mol. The molecule has 0 unspecified atom stereocenters. The van der Waals surface area contributed by atoms with Crippen LogP contribution in [0.25, 0.3) is 0 Å². The molecule has 2 nitrogen and oxygen atoms in total. The van der Waals surface area contributed by atoms with Gasteiger partial charge in [-0.2, -0.15) is 0 Å². The molecule has 0 aromatic carbocycles. The fourth-order valence-corrected chi connectivity index (χ4v) is 0.756. The minimum Gasteiger partial charge on any atom is -0.470 e. The first kappa shape index (κ1) is 8.34. The van der Waals surface area contributed by atoms with Crippen molar-refractivity contribution in [1.29, 1.82) is 0 Å². The van der Waals surface area contributed by atoms with Gasteiger partial charge in [-0.3, -0.25) is 0 Å². The third-order valence-electron chi connectivity index (χ3n) is 1.61. The van der Waals surface area contributed by atoms with Crippen LogP contribution in [-0.4, -0.2) is 12.4 Å². The van der Waals surface area contributed by atoms with E-state index in [9.17, 15) is 0 Å². The Morgan fingerprint density at radius 3 is 2.64 bits per heavy atom. The van der Waals surface area contributed by atoms with E-state index in [4.69, 9.17) is 9.47 Å². The Balaban J connectivity index is 2.65. The van der Waals surface area contributed by atoms with E-state index in [1.807, 2.05) is 20.8 Å². The van der Waals surface area contributed by atoms with Crippen molar-refractivity contribution >= 4 is 0 Å². The summed E-state index contributed by atoms with van der Waals surface area (Å²) in [5.74, 6) is -0.473. The van der Waals surface area contributed by atoms with Gasteiger partial charge in [0.2, 0.25) is 5.79 Å². The van der Waals surface area contributed by atoms with Gasteiger partial charge in [-0.15, -0.1) is 0 Å². The van der Waals surface area contributed by atoms with Crippen LogP contribution in [0.1, 0.15) is 20.8 Å². The van der Waals surface area contributed by atoms with Crippen molar-refractivity contribution in [2.24, 2.45) is 0 Å². The molecule has 0 aromatic rings. The van der Waals surface area contributed by atoms with Gasteiger partial charge in [0.25, 0.3) is 0 Å². The molecule has 0 N–H and O–H groups in total. The molecule has 1 aliphatic rings. The second-order valence-corrected chi connectivity index (χ2v) is 3.23. The first-order chi connectivity index (χ1) is 5.01. The summed E-state index contributed by atoms with van der Waals surface area (Å²) in [5, 5.41) is 0. The van der Waals surface area contributed by atoms with Gasteiger partial charge >= 0.3 is 0 Å². The Morgan fingerprint density at radius 1 is 1.64 bits per heavy atom. The third-order valence-corrected chi connectivity index (χ3v) is 1.61. The lowest BCUT2D eigenvalue weighted by Crippen LogP contribution is -2.30. The highest BCUT2D eigenvalue weighted by molar-refractivity contribution is 5.25. The molecule has 0 aliphatic carbocycles. The molecular formula is C9H14O2. The standard InChI is InChI=1S/C9H14O2/c1-7(2)8-5-10-9(3,4)11-6-8/h5H,1,6H2,2-4H3. The van der Waals surface area contributed by atoms with Crippen molar-refractivity contribution in [1.82, 2.24) is 0 Å². The molecule has 0 amide bonds. The quantitative estimate of drug-likeness (QED) is 0.576. The molecule has 0 bridgehead atoms. The van der Waals surface area contributed by atoms with Crippen LogP contribution in [0.3, 0.4) is 0 Å². The molecule has 1 heterocycles. The maximum Gasteiger partial charge on any atom is 0.204 e. The predicted octanol–water partition coefficient (Wildman–Crippen LogP) is 2.23. The SMILES string of the molecule is C=C(C)C1=COC(C)(C)OC1. The Bertz CT molecular complexity index is 202. The van der Waals surface area contributed by atoms with E-state index in [0.717, 1.165) is 11.1 Å². The summed E-state index contributed by atoms with van der Waals surface area (Å²) < 4.78 is 10.7. The summed E-state index contributed by atoms with van der Waals surface area (Å²) >= 11 is 0. The highest BCUT2D eigenvalue weighted by Crippen LogP contribution is 2.22. The molecule has 11 heavy (non-hydrogen) atoms. The van der Waals surface area contributed by atoms with Crippen LogP contribution in [0.5, 0.6) is 0 Å². The Morgan fingerprint density at radius 2 is 2.27 bits per heavy atom. The average Bonchev–Trinajstić information content (AvgIpc) is 1.86. The smallest absolute Gasteiger partial charge is 0.204 e. The summed E-state index contributed by atoms with van der Waals surface area (Å²) in [5.41, 5.74) is 2.03. The number of ether oxygens (including phenoxy) is 2. The Hall–Kier alpha value is -0.760. The van der Waals surface area contributed by atoms with E-state index in [2.05, 4.69) is 6.58 Å². The lowest BCUT2D eigenvalue weighted by Gasteiger charge is -2.29. The van der Waals surface area contributed by atoms with E-state index >= 15 is 0 Å². The summed E-state index contributed by atoms with van der Waals surface area (Å²) in [6.07, 6.45) is 1.73. The molecule has 0 atom stereocenters. The monoisotopic (exact) mass is 154 g/mol. The van der Waals surface area contributed by atoms with Crippen LogP contribution in [0.15, 0.2) is 24.0 Å². The van der Waals surface area contributed by atoms with Crippen LogP contribution in [0.2, 0.25) is 0 Å². The topological polar surface area (TPSA) is 18.5 Å². The Kier molecular flexibility index (Phi) is 2.05. The van der Waals surface area contributed by atoms with Crippen molar-refractivity contribution in [2.75, 3.05) is 6.61 Å². The first-order valence-electron chi connectivity index (χ1n) is 3.68. The number of hydrogen-bond acceptors (Lipinski definition) is 2. The van der Waals surface area contributed by atoms with Gasteiger partial charge in [-0.25, -0.2) is 0 Å². The minimum atomic E-state index is -0.473. The van der Waals surface area contributed by atoms with Gasteiger partial charge < -0.3 is 9.47 Å². The molecule has 1 aliphatic heterocycles. The van der Waals surface area contributed by atoms with Crippen LogP contribution in [0, 0.1) is 0 Å². The zero-order valence-electron chi connectivity index (χ0n) is 7.31. The summed E-state index contributed by atoms with van der Waals surface area (Å²) in [7, 11) is 0. The van der Waals surface area contributed by atoms with Crippen LogP contribution >= 0.6 is 0 Å². The number of rotatable bonds is 1. The molecule has 0 aromatic heterocycles. The van der Waals surface area contributed by atoms with Gasteiger partial charge in [-0.1, -0.05) is 6.58 Å². The van der Waals surface area contributed by atoms with Crippen LogP contribution in [-0.2, 0) is 9.47 Å². The summed E-state index contributed by atoms with van der Waals surface area (Å²) in [6.45, 7) is 10.1. The van der Waals surface area contributed by atoms with E-state index in [1.165, 1.54) is 0 Å². The molecule has 0 radical (unpaired) electrons. The highest BCUT2D eigenvalue weighted by atomic mass is 16.7. The normalized spacial score (nSPS) is 21.9. The van der Waals surface area contributed by atoms with E-state index < -0.39 is 5.79 Å². The zero-order chi connectivity index (χ0) is 8.48. The lowest BCUT2D eigenvalue weighted by molar-refractivity contribution is -0.188. The maximum absolute atomic E-state index is 5.39. The fourth-order valence-electron chi connectivity index (χ4n) is 0.756. The maximum atomic E-state index is 5.39. The van der Waals surface area contributed by atoms with Crippen LogP contribution in [0.4, 0.5) is 0 Å². The third kappa shape index (κ3) is 2.09. The number of hydrogen-bond donors (Lipinski definition) is 0. The van der Waals surface area contributed by atoms with E-state index in [1.54, 1.807) is 6.26 Å². The van der Waals surface area contributed by atoms with Crippen molar-refractivity contribution < 1.29 is 9.47 Å². The van der Waals surface area contributed by atoms with Gasteiger partial charge in [0.05, 0.1) is 12.9 Å². The molecule has 2 heteroatoms. The molecule has 62 valence electrons. The minimum absolute atomic E-state index is 0.473. The predicted molar refractivity (Wildman–Crippen MR) is 44.0 cm³/mol. The molecule has 0 saturated carbocycles. The highest BCUT2D eigenvalue weighted by Gasteiger charge is 2.23. The Labute approximate surface area is 67.5 Å². The van der Waals surface area contributed by atoms with Gasteiger partial charge in [-0.05, 0) is 12.5 Å². The van der Waals surface area contributed by atoms with Crippen molar-refractivity contribution in [3.05, 3.63) is 24.0 Å². The van der Waals surface area contributed by atoms with E-state index in [0.29, 0.717) is 6.61 Å². The molecule has 0 spiro atoms. The van der Waals surface area contributed by atoms with Gasteiger partial charge in [0.15, 0.2) is 0 Å². The van der Waals surface area contributed by atoms with Gasteiger partial charge in [0.1, 0.15) is 0 Å². The molecule has 0 saturated heterocycles. The van der Waals surface area contributed by atoms with Crippen LogP contribution < -0.4 is 0 Å². The zero-order valence-corrected chi connectivity index (χ0v) is 7.31. The van der Waals surface area contributed by atoms with Crippen molar-refractivity contribution in [3.63, 3.8) is 0 Å². The van der Waals surface area contributed by atoms with Gasteiger partial charge in [0, 0.05) is 19.4 Å². The summed E-state index contributed by atoms with van der Waals surface area (Å²) in [4.78, 5) is 0. The molecular weight excluding hydrogens is 140 g/mol. The molecule has 1 rings (SSSR count). The molecule has 0 fully saturated rings. The second-order valence-electron chi connectivity index (χ2n) is 3.23. The van der Waals surface area contributed by atoms with Crippen molar-refractivity contribution in [3.8, 4) is 0 Å².